The minimum atomic E-state index is 0.904. The van der Waals surface area contributed by atoms with Gasteiger partial charge in [-0.15, -0.1) is 0 Å². The molecule has 0 radical (unpaired) electrons. The van der Waals surface area contributed by atoms with E-state index in [4.69, 9.17) is 4.98 Å². The monoisotopic (exact) mass is 269 g/mol. The van der Waals surface area contributed by atoms with Crippen LogP contribution in [0.25, 0.3) is 10.9 Å². The van der Waals surface area contributed by atoms with Crippen LogP contribution in [0.2, 0.25) is 0 Å². The van der Waals surface area contributed by atoms with E-state index in [9.17, 15) is 0 Å². The molecule has 0 atom stereocenters. The third kappa shape index (κ3) is 2.98. The second kappa shape index (κ2) is 6.31. The number of likely N-dealkylation sites (tertiary alicyclic amines) is 1. The van der Waals surface area contributed by atoms with Crippen LogP contribution in [0, 0.1) is 0 Å². The Balaban J connectivity index is 1.81. The highest BCUT2D eigenvalue weighted by Gasteiger charge is 2.12. The van der Waals surface area contributed by atoms with Gasteiger partial charge in [0.2, 0.25) is 0 Å². The molecule has 0 amide bonds. The van der Waals surface area contributed by atoms with Gasteiger partial charge < -0.3 is 4.90 Å². The van der Waals surface area contributed by atoms with Crippen molar-refractivity contribution in [3.05, 3.63) is 35.8 Å². The molecule has 0 spiro atoms. The summed E-state index contributed by atoms with van der Waals surface area (Å²) in [5.74, 6) is 0.970. The number of aromatic nitrogens is 2. The molecule has 1 saturated heterocycles. The molecule has 3 heteroatoms. The first kappa shape index (κ1) is 13.5. The molecular formula is C17H23N3. The lowest BCUT2D eigenvalue weighted by Gasteiger charge is -2.26. The van der Waals surface area contributed by atoms with Gasteiger partial charge in [0, 0.05) is 24.8 Å². The molecule has 2 heterocycles. The topological polar surface area (TPSA) is 29.0 Å². The zero-order valence-electron chi connectivity index (χ0n) is 12.3. The minimum absolute atomic E-state index is 0.904. The van der Waals surface area contributed by atoms with Crippen molar-refractivity contribution in [3.63, 3.8) is 0 Å². The van der Waals surface area contributed by atoms with Crippen molar-refractivity contribution in [2.75, 3.05) is 19.6 Å². The average molecular weight is 269 g/mol. The Morgan fingerprint density at radius 3 is 2.65 bits per heavy atom. The van der Waals surface area contributed by atoms with Gasteiger partial charge in [-0.25, -0.2) is 9.97 Å². The number of piperidine rings is 1. The Kier molecular flexibility index (Phi) is 4.26. The van der Waals surface area contributed by atoms with Crippen molar-refractivity contribution in [1.82, 2.24) is 14.9 Å². The van der Waals surface area contributed by atoms with Gasteiger partial charge in [0.1, 0.15) is 5.82 Å². The molecule has 0 aliphatic carbocycles. The molecular weight excluding hydrogens is 246 g/mol. The molecule has 1 aromatic carbocycles. The maximum absolute atomic E-state index is 4.77. The van der Waals surface area contributed by atoms with E-state index in [2.05, 4.69) is 41.1 Å². The van der Waals surface area contributed by atoms with Crippen molar-refractivity contribution in [3.8, 4) is 0 Å². The largest absolute Gasteiger partial charge is 0.303 e. The van der Waals surface area contributed by atoms with Gasteiger partial charge in [0.15, 0.2) is 0 Å². The Morgan fingerprint density at radius 2 is 1.85 bits per heavy atom. The Labute approximate surface area is 121 Å². The number of aryl methyl sites for hydroxylation is 1. The fraction of sp³-hybridized carbons (Fsp3) is 0.529. The summed E-state index contributed by atoms with van der Waals surface area (Å²) >= 11 is 0. The van der Waals surface area contributed by atoms with Crippen molar-refractivity contribution < 1.29 is 0 Å². The van der Waals surface area contributed by atoms with Crippen LogP contribution in [-0.2, 0) is 12.8 Å². The molecule has 0 N–H and O–H groups in total. The summed E-state index contributed by atoms with van der Waals surface area (Å²) in [6.07, 6.45) is 6.04. The minimum Gasteiger partial charge on any atom is -0.303 e. The van der Waals surface area contributed by atoms with Crippen LogP contribution < -0.4 is 0 Å². The number of rotatable bonds is 4. The molecule has 1 aromatic heterocycles. The summed E-state index contributed by atoms with van der Waals surface area (Å²) in [6.45, 7) is 5.76. The van der Waals surface area contributed by atoms with Gasteiger partial charge in [0.05, 0.1) is 11.2 Å². The summed E-state index contributed by atoms with van der Waals surface area (Å²) in [7, 11) is 0. The van der Waals surface area contributed by atoms with Crippen LogP contribution in [-0.4, -0.2) is 34.5 Å². The maximum Gasteiger partial charge on any atom is 0.129 e. The SMILES string of the molecule is CCc1nc(CCN2CCCCC2)c2ccccc2n1. The lowest BCUT2D eigenvalue weighted by Crippen LogP contribution is -2.31. The van der Waals surface area contributed by atoms with Crippen LogP contribution in [0.5, 0.6) is 0 Å². The van der Waals surface area contributed by atoms with Crippen molar-refractivity contribution in [2.45, 2.75) is 39.0 Å². The molecule has 3 nitrogen and oxygen atoms in total. The zero-order valence-corrected chi connectivity index (χ0v) is 12.3. The second-order valence-corrected chi connectivity index (χ2v) is 5.61. The molecule has 20 heavy (non-hydrogen) atoms. The summed E-state index contributed by atoms with van der Waals surface area (Å²) in [6, 6.07) is 8.39. The fourth-order valence-corrected chi connectivity index (χ4v) is 2.99. The maximum atomic E-state index is 4.77. The van der Waals surface area contributed by atoms with Gasteiger partial charge >= 0.3 is 0 Å². The highest BCUT2D eigenvalue weighted by molar-refractivity contribution is 5.80. The molecule has 1 aliphatic heterocycles. The first-order chi connectivity index (χ1) is 9.86. The van der Waals surface area contributed by atoms with Gasteiger partial charge in [-0.1, -0.05) is 31.5 Å². The number of nitrogens with zero attached hydrogens (tertiary/aromatic N) is 3. The predicted octanol–water partition coefficient (Wildman–Crippen LogP) is 3.22. The summed E-state index contributed by atoms with van der Waals surface area (Å²) in [5.41, 5.74) is 2.31. The second-order valence-electron chi connectivity index (χ2n) is 5.61. The summed E-state index contributed by atoms with van der Waals surface area (Å²) in [4.78, 5) is 12.0. The number of para-hydroxylation sites is 1. The van der Waals surface area contributed by atoms with Crippen molar-refractivity contribution in [1.29, 1.82) is 0 Å². The van der Waals surface area contributed by atoms with Crippen molar-refractivity contribution >= 4 is 10.9 Å². The molecule has 106 valence electrons. The zero-order chi connectivity index (χ0) is 13.8. The van der Waals surface area contributed by atoms with Crippen LogP contribution in [0.1, 0.15) is 37.7 Å². The summed E-state index contributed by atoms with van der Waals surface area (Å²) in [5, 5.41) is 1.22. The molecule has 1 fully saturated rings. The lowest BCUT2D eigenvalue weighted by atomic mass is 10.1. The van der Waals surface area contributed by atoms with E-state index < -0.39 is 0 Å². The molecule has 0 saturated carbocycles. The van der Waals surface area contributed by atoms with Crippen LogP contribution in [0.4, 0.5) is 0 Å². The van der Waals surface area contributed by atoms with Gasteiger partial charge in [-0.05, 0) is 32.0 Å². The molecule has 2 aromatic rings. The number of fused-ring (bicyclic) bond motifs is 1. The van der Waals surface area contributed by atoms with E-state index in [0.717, 1.165) is 30.7 Å². The van der Waals surface area contributed by atoms with Crippen LogP contribution >= 0.6 is 0 Å². The van der Waals surface area contributed by atoms with E-state index in [1.54, 1.807) is 0 Å². The van der Waals surface area contributed by atoms with E-state index in [-0.39, 0.29) is 0 Å². The molecule has 0 bridgehead atoms. The first-order valence-corrected chi connectivity index (χ1v) is 7.83. The van der Waals surface area contributed by atoms with Gasteiger partial charge in [-0.3, -0.25) is 0 Å². The Hall–Kier alpha value is -1.48. The third-order valence-electron chi connectivity index (χ3n) is 4.16. The highest BCUT2D eigenvalue weighted by atomic mass is 15.1. The predicted molar refractivity (Wildman–Crippen MR) is 82.9 cm³/mol. The van der Waals surface area contributed by atoms with Crippen LogP contribution in [0.3, 0.4) is 0 Å². The number of benzene rings is 1. The molecule has 1 aliphatic rings. The molecule has 0 unspecified atom stereocenters. The van der Waals surface area contributed by atoms with Crippen LogP contribution in [0.15, 0.2) is 24.3 Å². The third-order valence-corrected chi connectivity index (χ3v) is 4.16. The normalized spacial score (nSPS) is 16.6. The quantitative estimate of drug-likeness (QED) is 0.853. The van der Waals surface area contributed by atoms with Gasteiger partial charge in [0.25, 0.3) is 0 Å². The van der Waals surface area contributed by atoms with Gasteiger partial charge in [-0.2, -0.15) is 0 Å². The number of hydrogen-bond acceptors (Lipinski definition) is 3. The Morgan fingerprint density at radius 1 is 1.05 bits per heavy atom. The van der Waals surface area contributed by atoms with E-state index >= 15 is 0 Å². The average Bonchev–Trinajstić information content (AvgIpc) is 2.53. The fourth-order valence-electron chi connectivity index (χ4n) is 2.99. The van der Waals surface area contributed by atoms with E-state index in [1.165, 1.54) is 43.4 Å². The first-order valence-electron chi connectivity index (χ1n) is 7.83. The standard InChI is InChI=1S/C17H23N3/c1-2-17-18-15-9-5-4-8-14(15)16(19-17)10-13-20-11-6-3-7-12-20/h4-5,8-9H,2-3,6-7,10-13H2,1H3. The Bertz CT molecular complexity index is 573. The number of hydrogen-bond donors (Lipinski definition) is 0. The highest BCUT2D eigenvalue weighted by Crippen LogP contribution is 2.17. The van der Waals surface area contributed by atoms with Crippen molar-refractivity contribution in [2.24, 2.45) is 0 Å². The van der Waals surface area contributed by atoms with E-state index in [0.29, 0.717) is 0 Å². The lowest BCUT2D eigenvalue weighted by molar-refractivity contribution is 0.231. The van der Waals surface area contributed by atoms with E-state index in [1.807, 2.05) is 0 Å². The summed E-state index contributed by atoms with van der Waals surface area (Å²) < 4.78 is 0. The smallest absolute Gasteiger partial charge is 0.129 e. The molecule has 3 rings (SSSR count).